The fourth-order valence-electron chi connectivity index (χ4n) is 3.88. The van der Waals surface area contributed by atoms with Gasteiger partial charge in [-0.25, -0.2) is 4.39 Å². The van der Waals surface area contributed by atoms with E-state index in [4.69, 9.17) is 9.15 Å². The quantitative estimate of drug-likeness (QED) is 0.602. The Labute approximate surface area is 179 Å². The molecule has 1 aliphatic heterocycles. The van der Waals surface area contributed by atoms with Crippen molar-refractivity contribution in [3.8, 4) is 5.75 Å². The van der Waals surface area contributed by atoms with Gasteiger partial charge in [0.2, 0.25) is 5.76 Å². The molecular weight excluding hydrogens is 399 g/mol. The number of hydrogen-bond donors (Lipinski definition) is 0. The molecule has 0 saturated carbocycles. The van der Waals surface area contributed by atoms with Crippen LogP contribution in [0, 0.1) is 5.82 Å². The Balaban J connectivity index is 1.86. The summed E-state index contributed by atoms with van der Waals surface area (Å²) in [6.45, 7) is 4.92. The smallest absolute Gasteiger partial charge is 0.290 e. The van der Waals surface area contributed by atoms with Gasteiger partial charge in [0.05, 0.1) is 23.1 Å². The lowest BCUT2D eigenvalue weighted by Crippen LogP contribution is -2.35. The van der Waals surface area contributed by atoms with Gasteiger partial charge in [-0.05, 0) is 63.8 Å². The van der Waals surface area contributed by atoms with Crippen LogP contribution in [0.1, 0.15) is 41.6 Å². The van der Waals surface area contributed by atoms with E-state index in [1.165, 1.54) is 12.1 Å². The average molecular weight is 424 g/mol. The second kappa shape index (κ2) is 8.15. The first kappa shape index (κ1) is 21.1. The third kappa shape index (κ3) is 3.93. The lowest BCUT2D eigenvalue weighted by Gasteiger charge is -2.26. The molecule has 4 rings (SSSR count). The molecule has 1 aromatic heterocycles. The van der Waals surface area contributed by atoms with Gasteiger partial charge >= 0.3 is 0 Å². The number of hydrogen-bond acceptors (Lipinski definition) is 5. The monoisotopic (exact) mass is 424 g/mol. The van der Waals surface area contributed by atoms with Crippen molar-refractivity contribution in [2.24, 2.45) is 0 Å². The van der Waals surface area contributed by atoms with Gasteiger partial charge in [0, 0.05) is 13.1 Å². The maximum atomic E-state index is 13.8. The van der Waals surface area contributed by atoms with Gasteiger partial charge in [-0.1, -0.05) is 12.1 Å². The Bertz CT molecular complexity index is 1180. The highest BCUT2D eigenvalue weighted by Gasteiger charge is 2.42. The van der Waals surface area contributed by atoms with Gasteiger partial charge in [-0.2, -0.15) is 0 Å². The summed E-state index contributed by atoms with van der Waals surface area (Å²) in [5.74, 6) is -0.140. The Kier molecular flexibility index (Phi) is 5.54. The van der Waals surface area contributed by atoms with Crippen molar-refractivity contribution in [3.05, 3.63) is 75.4 Å². The number of ether oxygens (including phenoxy) is 1. The number of amides is 1. The van der Waals surface area contributed by atoms with Crippen molar-refractivity contribution in [2.75, 3.05) is 27.2 Å². The molecule has 3 aromatic rings. The zero-order valence-electron chi connectivity index (χ0n) is 18.0. The van der Waals surface area contributed by atoms with Crippen molar-refractivity contribution in [1.29, 1.82) is 0 Å². The molecule has 0 fully saturated rings. The molecule has 7 heteroatoms. The summed E-state index contributed by atoms with van der Waals surface area (Å²) >= 11 is 0. The van der Waals surface area contributed by atoms with E-state index in [9.17, 15) is 14.0 Å². The maximum absolute atomic E-state index is 13.8. The first-order chi connectivity index (χ1) is 14.8. The van der Waals surface area contributed by atoms with Crippen LogP contribution in [0.25, 0.3) is 11.0 Å². The number of rotatable bonds is 6. The predicted molar refractivity (Wildman–Crippen MR) is 116 cm³/mol. The molecule has 0 spiro atoms. The van der Waals surface area contributed by atoms with E-state index < -0.39 is 11.9 Å². The summed E-state index contributed by atoms with van der Waals surface area (Å²) in [6, 6.07) is 10.5. The predicted octanol–water partition coefficient (Wildman–Crippen LogP) is 3.83. The summed E-state index contributed by atoms with van der Waals surface area (Å²) in [5, 5.41) is 0.130. The van der Waals surface area contributed by atoms with Crippen LogP contribution >= 0.6 is 0 Å². The standard InChI is InChI=1S/C24H25FN2O4/c1-14(2)30-17-8-5-15(6-9-17)21-20-22(28)18-13-16(25)7-10-19(18)31-23(20)24(29)27(21)12-11-26(3)4/h5-10,13-14,21H,11-12H2,1-4H3. The molecule has 2 aromatic carbocycles. The first-order valence-electron chi connectivity index (χ1n) is 10.2. The Hall–Kier alpha value is -3.19. The van der Waals surface area contributed by atoms with Crippen molar-refractivity contribution < 1.29 is 18.3 Å². The zero-order valence-corrected chi connectivity index (χ0v) is 18.0. The van der Waals surface area contributed by atoms with Crippen LogP contribution in [0.3, 0.4) is 0 Å². The maximum Gasteiger partial charge on any atom is 0.290 e. The van der Waals surface area contributed by atoms with Gasteiger partial charge in [-0.3, -0.25) is 9.59 Å². The van der Waals surface area contributed by atoms with E-state index in [1.807, 2.05) is 57.1 Å². The van der Waals surface area contributed by atoms with Gasteiger partial charge in [-0.15, -0.1) is 0 Å². The minimum absolute atomic E-state index is 0.0235. The molecule has 31 heavy (non-hydrogen) atoms. The van der Waals surface area contributed by atoms with Crippen LogP contribution in [-0.4, -0.2) is 49.0 Å². The number of halogens is 1. The number of fused-ring (bicyclic) bond motifs is 2. The highest BCUT2D eigenvalue weighted by molar-refractivity contribution is 5.99. The molecule has 1 aliphatic rings. The molecular formula is C24H25FN2O4. The second-order valence-electron chi connectivity index (χ2n) is 8.25. The van der Waals surface area contributed by atoms with E-state index in [0.29, 0.717) is 18.8 Å². The van der Waals surface area contributed by atoms with Crippen molar-refractivity contribution in [3.63, 3.8) is 0 Å². The van der Waals surface area contributed by atoms with Gasteiger partial charge in [0.15, 0.2) is 5.43 Å². The molecule has 1 amide bonds. The SMILES string of the molecule is CC(C)Oc1ccc(C2c3c(oc4ccc(F)cc4c3=O)C(=O)N2CCN(C)C)cc1. The molecule has 0 aliphatic carbocycles. The number of likely N-dealkylation sites (N-methyl/N-ethyl adjacent to an activating group) is 1. The molecule has 0 N–H and O–H groups in total. The van der Waals surface area contributed by atoms with E-state index in [-0.39, 0.29) is 39.7 Å². The third-order valence-electron chi connectivity index (χ3n) is 5.28. The van der Waals surface area contributed by atoms with Gasteiger partial charge < -0.3 is 19.0 Å². The van der Waals surface area contributed by atoms with Crippen molar-refractivity contribution in [1.82, 2.24) is 9.80 Å². The molecule has 6 nitrogen and oxygen atoms in total. The lowest BCUT2D eigenvalue weighted by atomic mass is 9.98. The van der Waals surface area contributed by atoms with Crippen molar-refractivity contribution >= 4 is 16.9 Å². The fraction of sp³-hybridized carbons (Fsp3) is 0.333. The van der Waals surface area contributed by atoms with Crippen LogP contribution in [0.2, 0.25) is 0 Å². The van der Waals surface area contributed by atoms with E-state index in [2.05, 4.69) is 0 Å². The summed E-state index contributed by atoms with van der Waals surface area (Å²) in [6.07, 6.45) is 0.0320. The highest BCUT2D eigenvalue weighted by Crippen LogP contribution is 2.38. The highest BCUT2D eigenvalue weighted by atomic mass is 19.1. The molecule has 0 bridgehead atoms. The molecule has 2 heterocycles. The summed E-state index contributed by atoms with van der Waals surface area (Å²) < 4.78 is 25.4. The Morgan fingerprint density at radius 3 is 2.48 bits per heavy atom. The Morgan fingerprint density at radius 1 is 1.13 bits per heavy atom. The normalized spacial score (nSPS) is 15.9. The van der Waals surface area contributed by atoms with Crippen LogP contribution in [-0.2, 0) is 0 Å². The summed E-state index contributed by atoms with van der Waals surface area (Å²) in [5.41, 5.74) is 0.834. The number of carbonyl (C=O) groups excluding carboxylic acids is 1. The Morgan fingerprint density at radius 2 is 1.84 bits per heavy atom. The van der Waals surface area contributed by atoms with E-state index in [1.54, 1.807) is 4.90 Å². The summed E-state index contributed by atoms with van der Waals surface area (Å²) in [7, 11) is 3.84. The van der Waals surface area contributed by atoms with E-state index >= 15 is 0 Å². The second-order valence-corrected chi connectivity index (χ2v) is 8.25. The molecule has 1 unspecified atom stereocenters. The minimum Gasteiger partial charge on any atom is -0.491 e. The number of benzene rings is 2. The zero-order chi connectivity index (χ0) is 22.3. The first-order valence-corrected chi connectivity index (χ1v) is 10.2. The molecule has 0 saturated heterocycles. The van der Waals surface area contributed by atoms with Crippen LogP contribution in [0.15, 0.2) is 51.7 Å². The van der Waals surface area contributed by atoms with Crippen LogP contribution in [0.4, 0.5) is 4.39 Å². The molecule has 162 valence electrons. The molecule has 1 atom stereocenters. The molecule has 0 radical (unpaired) electrons. The average Bonchev–Trinajstić information content (AvgIpc) is 2.99. The van der Waals surface area contributed by atoms with Gasteiger partial charge in [0.25, 0.3) is 5.91 Å². The lowest BCUT2D eigenvalue weighted by molar-refractivity contribution is 0.0716. The summed E-state index contributed by atoms with van der Waals surface area (Å²) in [4.78, 5) is 30.2. The number of nitrogens with zero attached hydrogens (tertiary/aromatic N) is 2. The van der Waals surface area contributed by atoms with Gasteiger partial charge in [0.1, 0.15) is 17.1 Å². The minimum atomic E-state index is -0.612. The van der Waals surface area contributed by atoms with Crippen molar-refractivity contribution in [2.45, 2.75) is 26.0 Å². The topological polar surface area (TPSA) is 63.0 Å². The third-order valence-corrected chi connectivity index (χ3v) is 5.28. The van der Waals surface area contributed by atoms with E-state index in [0.717, 1.165) is 11.6 Å². The van der Waals surface area contributed by atoms with Crippen LogP contribution in [0.5, 0.6) is 5.75 Å². The largest absolute Gasteiger partial charge is 0.491 e. The van der Waals surface area contributed by atoms with Crippen LogP contribution < -0.4 is 10.2 Å². The fourth-order valence-corrected chi connectivity index (χ4v) is 3.88. The number of carbonyl (C=O) groups is 1.